The summed E-state index contributed by atoms with van der Waals surface area (Å²) in [6.07, 6.45) is 0. The minimum Gasteiger partial charge on any atom is -0.302 e. The van der Waals surface area contributed by atoms with Gasteiger partial charge in [-0.15, -0.1) is 0 Å². The predicted molar refractivity (Wildman–Crippen MR) is 54.9 cm³/mol. The van der Waals surface area contributed by atoms with Crippen LogP contribution in [0, 0.1) is 0 Å². The molecule has 1 heterocycles. The Kier molecular flexibility index (Phi) is 3.12. The average molecular weight is 222 g/mol. The second-order valence-electron chi connectivity index (χ2n) is 3.31. The van der Waals surface area contributed by atoms with Crippen LogP contribution in [-0.2, 0) is 0 Å². The van der Waals surface area contributed by atoms with Gasteiger partial charge in [-0.25, -0.2) is 4.79 Å². The van der Waals surface area contributed by atoms with Crippen molar-refractivity contribution in [3.63, 3.8) is 0 Å². The third-order valence-electron chi connectivity index (χ3n) is 1.97. The van der Waals surface area contributed by atoms with Crippen molar-refractivity contribution in [3.8, 4) is 0 Å². The van der Waals surface area contributed by atoms with Crippen LogP contribution in [0.4, 0.5) is 0 Å². The number of H-pyrrole nitrogens is 1. The molecule has 0 bridgehead atoms. The first kappa shape index (κ1) is 12.0. The second-order valence-corrected chi connectivity index (χ2v) is 3.31. The van der Waals surface area contributed by atoms with E-state index in [1.165, 1.54) is 20.8 Å². The number of carbonyl (C=O) groups is 3. The highest BCUT2D eigenvalue weighted by Gasteiger charge is 2.21. The normalized spacial score (nSPS) is 9.94. The van der Waals surface area contributed by atoms with Gasteiger partial charge in [0.25, 0.3) is 0 Å². The van der Waals surface area contributed by atoms with Crippen molar-refractivity contribution in [2.24, 2.45) is 0 Å². The molecule has 0 unspecified atom stereocenters. The molecule has 0 saturated carbocycles. The van der Waals surface area contributed by atoms with Gasteiger partial charge in [-0.2, -0.15) is 4.98 Å². The summed E-state index contributed by atoms with van der Waals surface area (Å²) in [4.78, 5) is 50.5. The van der Waals surface area contributed by atoms with Crippen LogP contribution in [-0.4, -0.2) is 27.3 Å². The number of nitrogens with one attached hydrogen (secondary N) is 1. The van der Waals surface area contributed by atoms with E-state index in [0.717, 1.165) is 0 Å². The van der Waals surface area contributed by atoms with E-state index >= 15 is 0 Å². The zero-order chi connectivity index (χ0) is 12.5. The molecule has 0 amide bonds. The summed E-state index contributed by atoms with van der Waals surface area (Å²) in [5.41, 5.74) is -1.38. The van der Waals surface area contributed by atoms with Crippen molar-refractivity contribution < 1.29 is 14.4 Å². The van der Waals surface area contributed by atoms with E-state index < -0.39 is 23.0 Å². The van der Waals surface area contributed by atoms with Gasteiger partial charge in [0.15, 0.2) is 17.3 Å². The van der Waals surface area contributed by atoms with Gasteiger partial charge in [0, 0.05) is 13.8 Å². The van der Waals surface area contributed by atoms with E-state index in [9.17, 15) is 19.2 Å². The molecule has 0 spiro atoms. The third kappa shape index (κ3) is 2.10. The Bertz CT molecular complexity index is 504. The number of rotatable bonds is 3. The van der Waals surface area contributed by atoms with Crippen LogP contribution in [0.1, 0.15) is 52.1 Å². The van der Waals surface area contributed by atoms with Gasteiger partial charge in [0.05, 0.1) is 11.3 Å². The summed E-state index contributed by atoms with van der Waals surface area (Å²) >= 11 is 0. The van der Waals surface area contributed by atoms with Gasteiger partial charge in [-0.3, -0.25) is 14.4 Å². The smallest absolute Gasteiger partial charge is 0.302 e. The molecule has 0 saturated heterocycles. The average Bonchev–Trinajstić information content (AvgIpc) is 2.15. The summed E-state index contributed by atoms with van der Waals surface area (Å²) in [5, 5.41) is 0. The van der Waals surface area contributed by atoms with Crippen LogP contribution in [0.5, 0.6) is 0 Å². The fraction of sp³-hybridized carbons (Fsp3) is 0.300. The van der Waals surface area contributed by atoms with E-state index in [1.807, 2.05) is 0 Å². The Labute approximate surface area is 90.7 Å². The molecule has 0 aliphatic heterocycles. The number of carbonyl (C=O) groups excluding carboxylic acids is 3. The van der Waals surface area contributed by atoms with Crippen LogP contribution in [0.2, 0.25) is 0 Å². The molecule has 6 heteroatoms. The molecule has 0 fully saturated rings. The molecule has 0 radical (unpaired) electrons. The molecule has 16 heavy (non-hydrogen) atoms. The monoisotopic (exact) mass is 222 g/mol. The fourth-order valence-corrected chi connectivity index (χ4v) is 1.33. The third-order valence-corrected chi connectivity index (χ3v) is 1.97. The summed E-state index contributed by atoms with van der Waals surface area (Å²) in [7, 11) is 0. The molecule has 0 atom stereocenters. The first-order valence-electron chi connectivity index (χ1n) is 4.51. The van der Waals surface area contributed by atoms with Gasteiger partial charge < -0.3 is 4.98 Å². The van der Waals surface area contributed by atoms with E-state index in [2.05, 4.69) is 9.97 Å². The molecular weight excluding hydrogens is 212 g/mol. The number of hydrogen-bond donors (Lipinski definition) is 1. The fourth-order valence-electron chi connectivity index (χ4n) is 1.33. The molecule has 1 aromatic heterocycles. The maximum atomic E-state index is 11.3. The van der Waals surface area contributed by atoms with Gasteiger partial charge in [-0.05, 0) is 6.92 Å². The zero-order valence-corrected chi connectivity index (χ0v) is 9.08. The first-order chi connectivity index (χ1) is 7.34. The molecule has 84 valence electrons. The molecule has 1 rings (SSSR count). The van der Waals surface area contributed by atoms with Crippen LogP contribution in [0.25, 0.3) is 0 Å². The lowest BCUT2D eigenvalue weighted by Gasteiger charge is -2.06. The van der Waals surface area contributed by atoms with E-state index in [4.69, 9.17) is 0 Å². The van der Waals surface area contributed by atoms with Crippen LogP contribution >= 0.6 is 0 Å². The molecule has 0 aliphatic carbocycles. The van der Waals surface area contributed by atoms with E-state index in [0.29, 0.717) is 0 Å². The molecular formula is C10H10N2O4. The van der Waals surface area contributed by atoms with Crippen LogP contribution in [0.15, 0.2) is 4.79 Å². The number of aromatic amines is 1. The van der Waals surface area contributed by atoms with Crippen molar-refractivity contribution in [2.75, 3.05) is 0 Å². The predicted octanol–water partition coefficient (Wildman–Crippen LogP) is 0.378. The lowest BCUT2D eigenvalue weighted by Crippen LogP contribution is -2.24. The molecule has 0 aromatic carbocycles. The highest BCUT2D eigenvalue weighted by molar-refractivity contribution is 6.12. The van der Waals surface area contributed by atoms with Crippen molar-refractivity contribution in [1.82, 2.24) is 9.97 Å². The molecule has 1 N–H and O–H groups in total. The minimum atomic E-state index is -0.819. The lowest BCUT2D eigenvalue weighted by molar-refractivity contribution is 0.0961. The Balaban J connectivity index is 3.74. The van der Waals surface area contributed by atoms with E-state index in [-0.39, 0.29) is 17.0 Å². The summed E-state index contributed by atoms with van der Waals surface area (Å²) in [6, 6.07) is 0. The Morgan fingerprint density at radius 2 is 1.56 bits per heavy atom. The van der Waals surface area contributed by atoms with Crippen molar-refractivity contribution in [1.29, 1.82) is 0 Å². The molecule has 0 aliphatic rings. The highest BCUT2D eigenvalue weighted by atomic mass is 16.2. The van der Waals surface area contributed by atoms with E-state index in [1.54, 1.807) is 0 Å². The zero-order valence-electron chi connectivity index (χ0n) is 9.08. The second kappa shape index (κ2) is 4.18. The standard InChI is InChI=1S/C10H10N2O4/c1-4(13)7-8(5(2)14)11-10(16)12-9(7)6(3)15/h1-3H3,(H,11,12,16). The maximum absolute atomic E-state index is 11.3. The Hall–Kier alpha value is -2.11. The number of hydrogen-bond acceptors (Lipinski definition) is 5. The van der Waals surface area contributed by atoms with Gasteiger partial charge in [-0.1, -0.05) is 0 Å². The number of aromatic nitrogens is 2. The largest absolute Gasteiger partial charge is 0.346 e. The topological polar surface area (TPSA) is 97.0 Å². The van der Waals surface area contributed by atoms with Crippen molar-refractivity contribution in [2.45, 2.75) is 20.8 Å². The number of ketones is 3. The van der Waals surface area contributed by atoms with Gasteiger partial charge in [0.1, 0.15) is 5.69 Å². The Morgan fingerprint density at radius 1 is 1.00 bits per heavy atom. The maximum Gasteiger partial charge on any atom is 0.346 e. The quantitative estimate of drug-likeness (QED) is 0.745. The molecule has 6 nitrogen and oxygen atoms in total. The summed E-state index contributed by atoms with van der Waals surface area (Å²) in [6.45, 7) is 3.58. The first-order valence-corrected chi connectivity index (χ1v) is 4.51. The molecule has 1 aromatic rings. The van der Waals surface area contributed by atoms with Gasteiger partial charge in [0.2, 0.25) is 0 Å². The van der Waals surface area contributed by atoms with Crippen LogP contribution in [0.3, 0.4) is 0 Å². The SMILES string of the molecule is CC(=O)c1nc(=O)[nH]c(C(C)=O)c1C(C)=O. The van der Waals surface area contributed by atoms with Crippen molar-refractivity contribution in [3.05, 3.63) is 27.4 Å². The minimum absolute atomic E-state index is 0.125. The van der Waals surface area contributed by atoms with Crippen LogP contribution < -0.4 is 5.69 Å². The lowest BCUT2D eigenvalue weighted by atomic mass is 10.0. The van der Waals surface area contributed by atoms with Crippen molar-refractivity contribution >= 4 is 17.3 Å². The highest BCUT2D eigenvalue weighted by Crippen LogP contribution is 2.11. The summed E-state index contributed by atoms with van der Waals surface area (Å²) in [5.74, 6) is -1.51. The number of Topliss-reactive ketones (excluding diaryl/α,β-unsaturated/α-hetero) is 3. The Morgan fingerprint density at radius 3 is 1.94 bits per heavy atom. The summed E-state index contributed by atoms with van der Waals surface area (Å²) < 4.78 is 0. The number of nitrogens with zero attached hydrogens (tertiary/aromatic N) is 1. The van der Waals surface area contributed by atoms with Gasteiger partial charge >= 0.3 is 5.69 Å².